The molecule has 4 nitrogen and oxygen atoms in total. The highest BCUT2D eigenvalue weighted by Crippen LogP contribution is 2.11. The van der Waals surface area contributed by atoms with E-state index in [1.807, 2.05) is 0 Å². The zero-order chi connectivity index (χ0) is 10.6. The van der Waals surface area contributed by atoms with Gasteiger partial charge in [0.15, 0.2) is 5.78 Å². The predicted octanol–water partition coefficient (Wildman–Crippen LogP) is 1.38. The highest BCUT2D eigenvalue weighted by molar-refractivity contribution is 6.07. The molecule has 0 aliphatic rings. The van der Waals surface area contributed by atoms with Gasteiger partial charge in [0.25, 0.3) is 0 Å². The largest absolute Gasteiger partial charge is 0.481 e. The van der Waals surface area contributed by atoms with Crippen molar-refractivity contribution in [3.63, 3.8) is 0 Å². The van der Waals surface area contributed by atoms with Gasteiger partial charge in [-0.15, -0.1) is 0 Å². The van der Waals surface area contributed by atoms with Crippen LogP contribution in [0, 0.1) is 5.92 Å². The molecule has 0 fully saturated rings. The molecule has 0 aliphatic heterocycles. The fourth-order valence-electron chi connectivity index (χ4n) is 1.18. The van der Waals surface area contributed by atoms with E-state index in [-0.39, 0.29) is 5.78 Å². The number of aliphatic carboxylic acids is 1. The standard InChI is InChI=1S/C10H11NO3/c1-2-8(10(13)14)9(12)7-4-3-5-11-6-7/h3-6,8H,2H2,1H3,(H,13,14). The Hall–Kier alpha value is -1.71. The number of pyridine rings is 1. The second-order valence-electron chi connectivity index (χ2n) is 2.91. The molecule has 0 bridgehead atoms. The first-order valence-corrected chi connectivity index (χ1v) is 4.33. The number of carbonyl (C=O) groups is 2. The average molecular weight is 193 g/mol. The molecule has 0 aromatic carbocycles. The predicted molar refractivity (Wildman–Crippen MR) is 50.0 cm³/mol. The van der Waals surface area contributed by atoms with Crippen LogP contribution in [0.5, 0.6) is 0 Å². The van der Waals surface area contributed by atoms with Crippen molar-refractivity contribution >= 4 is 11.8 Å². The number of ketones is 1. The molecule has 14 heavy (non-hydrogen) atoms. The summed E-state index contributed by atoms with van der Waals surface area (Å²) < 4.78 is 0. The monoisotopic (exact) mass is 193 g/mol. The van der Waals surface area contributed by atoms with Crippen molar-refractivity contribution in [2.45, 2.75) is 13.3 Å². The van der Waals surface area contributed by atoms with Crippen LogP contribution in [0.15, 0.2) is 24.5 Å². The normalized spacial score (nSPS) is 12.1. The fraction of sp³-hybridized carbons (Fsp3) is 0.300. The first kappa shape index (κ1) is 10.4. The summed E-state index contributed by atoms with van der Waals surface area (Å²) in [4.78, 5) is 26.1. The van der Waals surface area contributed by atoms with Gasteiger partial charge in [-0.1, -0.05) is 6.92 Å². The smallest absolute Gasteiger partial charge is 0.314 e. The maximum absolute atomic E-state index is 11.6. The van der Waals surface area contributed by atoms with E-state index in [2.05, 4.69) is 4.98 Å². The number of aromatic nitrogens is 1. The maximum Gasteiger partial charge on any atom is 0.314 e. The summed E-state index contributed by atoms with van der Waals surface area (Å²) in [6.45, 7) is 1.67. The Bertz CT molecular complexity index is 334. The molecule has 0 spiro atoms. The molecule has 1 atom stereocenters. The molecule has 1 rings (SSSR count). The second kappa shape index (κ2) is 4.50. The molecule has 1 unspecified atom stereocenters. The van der Waals surface area contributed by atoms with Gasteiger partial charge in [0, 0.05) is 18.0 Å². The number of rotatable bonds is 4. The Kier molecular flexibility index (Phi) is 3.34. The minimum Gasteiger partial charge on any atom is -0.481 e. The summed E-state index contributed by atoms with van der Waals surface area (Å²) in [5, 5.41) is 8.76. The van der Waals surface area contributed by atoms with Gasteiger partial charge in [0.1, 0.15) is 5.92 Å². The van der Waals surface area contributed by atoms with Crippen LogP contribution in [0.3, 0.4) is 0 Å². The number of hydrogen-bond donors (Lipinski definition) is 1. The lowest BCUT2D eigenvalue weighted by atomic mass is 9.97. The molecule has 0 radical (unpaired) electrons. The number of carboxylic acid groups (broad SMARTS) is 1. The van der Waals surface area contributed by atoms with Crippen molar-refractivity contribution in [1.29, 1.82) is 0 Å². The van der Waals surface area contributed by atoms with Gasteiger partial charge >= 0.3 is 5.97 Å². The average Bonchev–Trinajstić information content (AvgIpc) is 2.19. The summed E-state index contributed by atoms with van der Waals surface area (Å²) in [7, 11) is 0. The molecule has 0 saturated carbocycles. The lowest BCUT2D eigenvalue weighted by Gasteiger charge is -2.07. The van der Waals surface area contributed by atoms with Crippen LogP contribution in [-0.4, -0.2) is 21.8 Å². The van der Waals surface area contributed by atoms with E-state index in [1.54, 1.807) is 25.3 Å². The van der Waals surface area contributed by atoms with Gasteiger partial charge < -0.3 is 5.11 Å². The first-order valence-electron chi connectivity index (χ1n) is 4.33. The summed E-state index contributed by atoms with van der Waals surface area (Å²) in [6.07, 6.45) is 3.22. The Balaban J connectivity index is 2.89. The van der Waals surface area contributed by atoms with Gasteiger partial charge in [-0.05, 0) is 18.6 Å². The lowest BCUT2D eigenvalue weighted by Crippen LogP contribution is -2.23. The Morgan fingerprint density at radius 1 is 1.57 bits per heavy atom. The number of carbonyl (C=O) groups excluding carboxylic acids is 1. The quantitative estimate of drug-likeness (QED) is 0.579. The van der Waals surface area contributed by atoms with E-state index >= 15 is 0 Å². The van der Waals surface area contributed by atoms with E-state index < -0.39 is 11.9 Å². The minimum atomic E-state index is -1.08. The van der Waals surface area contributed by atoms with Crippen molar-refractivity contribution in [3.8, 4) is 0 Å². The van der Waals surface area contributed by atoms with Crippen LogP contribution < -0.4 is 0 Å². The molecule has 1 heterocycles. The van der Waals surface area contributed by atoms with E-state index in [0.29, 0.717) is 12.0 Å². The van der Waals surface area contributed by atoms with Gasteiger partial charge in [-0.2, -0.15) is 0 Å². The van der Waals surface area contributed by atoms with Crippen molar-refractivity contribution in [2.24, 2.45) is 5.92 Å². The SMILES string of the molecule is CCC(C(=O)O)C(=O)c1cccnc1. The summed E-state index contributed by atoms with van der Waals surface area (Å²) in [5.41, 5.74) is 0.349. The van der Waals surface area contributed by atoms with Crippen LogP contribution in [0.1, 0.15) is 23.7 Å². The number of hydrogen-bond acceptors (Lipinski definition) is 3. The Labute approximate surface area is 81.6 Å². The fourth-order valence-corrected chi connectivity index (χ4v) is 1.18. The Morgan fingerprint density at radius 3 is 2.71 bits per heavy atom. The van der Waals surface area contributed by atoms with E-state index in [1.165, 1.54) is 6.20 Å². The van der Waals surface area contributed by atoms with Crippen molar-refractivity contribution in [3.05, 3.63) is 30.1 Å². The molecular weight excluding hydrogens is 182 g/mol. The van der Waals surface area contributed by atoms with Gasteiger partial charge in [0.05, 0.1) is 0 Å². The van der Waals surface area contributed by atoms with Crippen LogP contribution in [0.25, 0.3) is 0 Å². The van der Waals surface area contributed by atoms with Crippen LogP contribution in [0.2, 0.25) is 0 Å². The third-order valence-corrected chi connectivity index (χ3v) is 1.97. The molecule has 1 aromatic rings. The van der Waals surface area contributed by atoms with E-state index in [9.17, 15) is 9.59 Å². The molecule has 0 aliphatic carbocycles. The third-order valence-electron chi connectivity index (χ3n) is 1.97. The highest BCUT2D eigenvalue weighted by Gasteiger charge is 2.24. The number of nitrogens with zero attached hydrogens (tertiary/aromatic N) is 1. The summed E-state index contributed by atoms with van der Waals surface area (Å²) in [5.74, 6) is -2.42. The second-order valence-corrected chi connectivity index (χ2v) is 2.91. The van der Waals surface area contributed by atoms with E-state index in [0.717, 1.165) is 0 Å². The van der Waals surface area contributed by atoms with Crippen molar-refractivity contribution in [1.82, 2.24) is 4.98 Å². The van der Waals surface area contributed by atoms with Crippen LogP contribution in [0.4, 0.5) is 0 Å². The zero-order valence-corrected chi connectivity index (χ0v) is 7.80. The lowest BCUT2D eigenvalue weighted by molar-refractivity contribution is -0.140. The highest BCUT2D eigenvalue weighted by atomic mass is 16.4. The van der Waals surface area contributed by atoms with Crippen LogP contribution >= 0.6 is 0 Å². The van der Waals surface area contributed by atoms with Gasteiger partial charge in [0.2, 0.25) is 0 Å². The summed E-state index contributed by atoms with van der Waals surface area (Å²) in [6, 6.07) is 3.18. The number of Topliss-reactive ketones (excluding diaryl/α,β-unsaturated/α-hetero) is 1. The third kappa shape index (κ3) is 2.16. The molecular formula is C10H11NO3. The molecule has 0 saturated heterocycles. The molecule has 1 N–H and O–H groups in total. The molecule has 74 valence electrons. The number of carboxylic acids is 1. The van der Waals surface area contributed by atoms with Gasteiger partial charge in [-0.25, -0.2) is 0 Å². The minimum absolute atomic E-state index is 0.295. The summed E-state index contributed by atoms with van der Waals surface area (Å²) >= 11 is 0. The van der Waals surface area contributed by atoms with Crippen LogP contribution in [-0.2, 0) is 4.79 Å². The first-order chi connectivity index (χ1) is 6.66. The zero-order valence-electron chi connectivity index (χ0n) is 7.80. The van der Waals surface area contributed by atoms with Crippen molar-refractivity contribution < 1.29 is 14.7 Å². The van der Waals surface area contributed by atoms with Crippen molar-refractivity contribution in [2.75, 3.05) is 0 Å². The maximum atomic E-state index is 11.6. The Morgan fingerprint density at radius 2 is 2.29 bits per heavy atom. The topological polar surface area (TPSA) is 67.3 Å². The molecule has 4 heteroatoms. The van der Waals surface area contributed by atoms with E-state index in [4.69, 9.17) is 5.11 Å². The van der Waals surface area contributed by atoms with Gasteiger partial charge in [-0.3, -0.25) is 14.6 Å². The molecule has 1 aromatic heterocycles. The molecule has 0 amide bonds.